The molecule has 82 heavy (non-hydrogen) atoms. The molecule has 3 fully saturated rings. The van der Waals surface area contributed by atoms with Gasteiger partial charge in [-0.05, 0) is 88.3 Å². The zero-order chi connectivity index (χ0) is 57.3. The molecule has 0 amide bonds. The summed E-state index contributed by atoms with van der Waals surface area (Å²) in [6.45, 7) is 13.3. The summed E-state index contributed by atoms with van der Waals surface area (Å²) in [5.41, 5.74) is 7.44. The van der Waals surface area contributed by atoms with Crippen molar-refractivity contribution in [1.29, 1.82) is 0 Å². The predicted molar refractivity (Wildman–Crippen MR) is 326 cm³/mol. The van der Waals surface area contributed by atoms with Gasteiger partial charge in [0.15, 0.2) is 17.3 Å². The Morgan fingerprint density at radius 2 is 0.878 bits per heavy atom. The van der Waals surface area contributed by atoms with Crippen LogP contribution in [0.3, 0.4) is 0 Å². The molecule has 12 rings (SSSR count). The van der Waals surface area contributed by atoms with Crippen LogP contribution in [0.1, 0.15) is 88.5 Å². The molecule has 0 saturated carbocycles. The Morgan fingerprint density at radius 1 is 0.476 bits per heavy atom. The van der Waals surface area contributed by atoms with E-state index in [4.69, 9.17) is 0 Å². The molecule has 428 valence electrons. The molecule has 6 atom stereocenters. The molecule has 5 aromatic carbocycles. The zero-order valence-corrected chi connectivity index (χ0v) is 47.8. The second-order valence-electron chi connectivity index (χ2n) is 22.0. The molecule has 0 aliphatic carbocycles. The minimum atomic E-state index is -1.17. The Balaban J connectivity index is 0.000000138. The van der Waals surface area contributed by atoms with E-state index in [9.17, 15) is 34.8 Å². The SMILES string of the molecule is Cc1ccc(C(C(O)C(=O)c2c[nH]c3ccccc23)N2CCCC2)s1.Cc1ccc(C(C(O)C(=O)c2c[nH]c3ccccc23)N2CCN(C)CC2)cc1.O=C(c1c[nH]c2ccccc12)C(O)C(c1ccccc1)N1CCN(CCO)CC1. The van der Waals surface area contributed by atoms with E-state index in [2.05, 4.69) is 65.6 Å². The fourth-order valence-corrected chi connectivity index (χ4v) is 13.1. The fourth-order valence-electron chi connectivity index (χ4n) is 12.0. The number of hydrogen-bond donors (Lipinski definition) is 7. The number of β-amino-alcohol motifs (C(OH)–C–C–N with tert-alkyl or cyclic N) is 1. The topological polar surface area (TPSA) is 196 Å². The van der Waals surface area contributed by atoms with E-state index in [-0.39, 0.29) is 36.0 Å². The van der Waals surface area contributed by atoms with Gasteiger partial charge in [-0.2, -0.15) is 0 Å². The number of Topliss-reactive ketones (excluding diaryl/α,β-unsaturated/α-hetero) is 3. The number of piperazine rings is 2. The molecule has 0 spiro atoms. The summed E-state index contributed by atoms with van der Waals surface area (Å²) in [6, 6.07) is 44.1. The van der Waals surface area contributed by atoms with Gasteiger partial charge in [0.05, 0.1) is 24.7 Å². The Labute approximate surface area is 483 Å². The number of thiophene rings is 1. The number of H-pyrrole nitrogens is 3. The first kappa shape index (κ1) is 58.3. The molecule has 9 aromatic rings. The molecular weight excluding hydrogens is 1050 g/mol. The molecule has 16 heteroatoms. The Kier molecular flexibility index (Phi) is 19.2. The van der Waals surface area contributed by atoms with E-state index < -0.39 is 24.4 Å². The number of aliphatic hydroxyl groups excluding tert-OH is 4. The van der Waals surface area contributed by atoms with Gasteiger partial charge in [-0.25, -0.2) is 0 Å². The van der Waals surface area contributed by atoms with Crippen molar-refractivity contribution >= 4 is 61.4 Å². The summed E-state index contributed by atoms with van der Waals surface area (Å²) in [7, 11) is 2.10. The first-order valence-electron chi connectivity index (χ1n) is 28.7. The number of rotatable bonds is 17. The van der Waals surface area contributed by atoms with E-state index in [1.807, 2.05) is 134 Å². The van der Waals surface area contributed by atoms with Crippen LogP contribution in [0.2, 0.25) is 0 Å². The maximum atomic E-state index is 13.3. The number of para-hydroxylation sites is 3. The van der Waals surface area contributed by atoms with Crippen molar-refractivity contribution in [3.63, 3.8) is 0 Å². The third kappa shape index (κ3) is 13.1. The summed E-state index contributed by atoms with van der Waals surface area (Å²) in [5, 5.41) is 45.2. The molecule has 0 radical (unpaired) electrons. The monoisotopic (exact) mass is 1120 g/mol. The smallest absolute Gasteiger partial charge is 0.195 e. The van der Waals surface area contributed by atoms with Crippen molar-refractivity contribution in [2.24, 2.45) is 0 Å². The number of aromatic amines is 3. The number of nitrogens with one attached hydrogen (secondary N) is 3. The van der Waals surface area contributed by atoms with E-state index >= 15 is 0 Å². The zero-order valence-electron chi connectivity index (χ0n) is 47.0. The highest BCUT2D eigenvalue weighted by Crippen LogP contribution is 2.36. The van der Waals surface area contributed by atoms with Gasteiger partial charge >= 0.3 is 0 Å². The van der Waals surface area contributed by atoms with Crippen molar-refractivity contribution in [2.75, 3.05) is 85.6 Å². The lowest BCUT2D eigenvalue weighted by Gasteiger charge is -2.40. The maximum Gasteiger partial charge on any atom is 0.195 e. The lowest BCUT2D eigenvalue weighted by Crippen LogP contribution is -2.51. The number of aryl methyl sites for hydroxylation is 2. The minimum absolute atomic E-state index is 0.143. The van der Waals surface area contributed by atoms with Gasteiger partial charge in [0.1, 0.15) is 18.3 Å². The maximum absolute atomic E-state index is 13.3. The van der Waals surface area contributed by atoms with Gasteiger partial charge in [0, 0.05) is 137 Å². The third-order valence-electron chi connectivity index (χ3n) is 16.6. The molecule has 3 aliphatic rings. The lowest BCUT2D eigenvalue weighted by molar-refractivity contribution is 0.0168. The van der Waals surface area contributed by atoms with Crippen LogP contribution < -0.4 is 0 Å². The predicted octanol–water partition coefficient (Wildman–Crippen LogP) is 8.99. The molecule has 4 aromatic heterocycles. The Morgan fingerprint density at radius 3 is 1.32 bits per heavy atom. The van der Waals surface area contributed by atoms with E-state index in [0.29, 0.717) is 23.2 Å². The molecule has 0 bridgehead atoms. The van der Waals surface area contributed by atoms with Crippen LogP contribution in [0.15, 0.2) is 158 Å². The molecule has 6 unspecified atom stereocenters. The van der Waals surface area contributed by atoms with Crippen LogP contribution in [0.25, 0.3) is 32.7 Å². The first-order valence-corrected chi connectivity index (χ1v) is 29.5. The Bertz CT molecular complexity index is 3530. The fraction of sp³-hybridized carbons (Fsp3) is 0.348. The van der Waals surface area contributed by atoms with Gasteiger partial charge in [-0.3, -0.25) is 34.0 Å². The number of nitrogens with zero attached hydrogens (tertiary/aromatic N) is 5. The van der Waals surface area contributed by atoms with Gasteiger partial charge in [0.2, 0.25) is 0 Å². The van der Waals surface area contributed by atoms with Crippen LogP contribution >= 0.6 is 11.3 Å². The summed E-state index contributed by atoms with van der Waals surface area (Å²) >= 11 is 1.67. The van der Waals surface area contributed by atoms with Crippen molar-refractivity contribution in [3.8, 4) is 0 Å². The van der Waals surface area contributed by atoms with E-state index in [1.54, 1.807) is 29.9 Å². The normalized spacial score (nSPS) is 18.0. The second-order valence-corrected chi connectivity index (χ2v) is 23.3. The highest BCUT2D eigenvalue weighted by molar-refractivity contribution is 7.12. The van der Waals surface area contributed by atoms with E-state index in [1.165, 1.54) is 10.4 Å². The lowest BCUT2D eigenvalue weighted by atomic mass is 9.92. The molecular formula is C66H76N8O7S. The molecule has 3 aliphatic heterocycles. The van der Waals surface area contributed by atoms with Gasteiger partial charge in [-0.1, -0.05) is 115 Å². The number of fused-ring (bicyclic) bond motifs is 3. The summed E-state index contributed by atoms with van der Waals surface area (Å²) < 4.78 is 0. The molecule has 15 nitrogen and oxygen atoms in total. The number of hydrogen-bond acceptors (Lipinski definition) is 13. The van der Waals surface area contributed by atoms with Crippen LogP contribution in [-0.2, 0) is 0 Å². The third-order valence-corrected chi connectivity index (χ3v) is 17.6. The van der Waals surface area contributed by atoms with Gasteiger partial charge in [0.25, 0.3) is 0 Å². The number of benzene rings is 5. The average molecular weight is 1130 g/mol. The van der Waals surface area contributed by atoms with Gasteiger partial charge < -0.3 is 40.3 Å². The quantitative estimate of drug-likeness (QED) is 0.0429. The Hall–Kier alpha value is -6.93. The number of carbonyl (C=O) groups is 3. The van der Waals surface area contributed by atoms with Crippen LogP contribution in [-0.4, -0.2) is 181 Å². The van der Waals surface area contributed by atoms with Crippen molar-refractivity contribution in [3.05, 3.63) is 201 Å². The van der Waals surface area contributed by atoms with Crippen molar-refractivity contribution < 1.29 is 34.8 Å². The average Bonchev–Trinajstić information content (AvgIpc) is 4.42. The first-order chi connectivity index (χ1) is 39.9. The van der Waals surface area contributed by atoms with Crippen molar-refractivity contribution in [2.45, 2.75) is 63.1 Å². The molecule has 7 heterocycles. The van der Waals surface area contributed by atoms with Crippen LogP contribution in [0.5, 0.6) is 0 Å². The summed E-state index contributed by atoms with van der Waals surface area (Å²) in [4.78, 5) is 62.5. The van der Waals surface area contributed by atoms with Gasteiger partial charge in [-0.15, -0.1) is 11.3 Å². The minimum Gasteiger partial charge on any atom is -0.395 e. The van der Waals surface area contributed by atoms with E-state index in [0.717, 1.165) is 127 Å². The standard InChI is InChI=1S/C23H27N3O3.C23H27N3O2.C20H22N2O2S/c27-15-14-25-10-12-26(13-11-25)21(17-6-2-1-3-7-17)23(29)22(28)19-16-24-20-9-5-4-8-18(19)20;1-16-7-9-17(10-8-16)21(26-13-11-25(2)12-14-26)23(28)22(27)19-15-24-20-6-4-3-5-18(19)20;1-13-8-9-17(25-13)18(22-10-4-5-11-22)20(24)19(23)15-12-21-16-7-3-2-6-14(15)16/h1-9,16,21,23-24,27,29H,10-15H2;3-10,15,21,23-24,28H,11-14H2,1-2H3;2-3,6-9,12,18,20-21,24H,4-5,10-11H2,1H3. The number of carbonyl (C=O) groups excluding carboxylic acids is 3. The number of ketones is 3. The van der Waals surface area contributed by atoms with Crippen molar-refractivity contribution in [1.82, 2.24) is 39.5 Å². The highest BCUT2D eigenvalue weighted by Gasteiger charge is 2.39. The highest BCUT2D eigenvalue weighted by atomic mass is 32.1. The molecule has 3 saturated heterocycles. The van der Waals surface area contributed by atoms with Crippen LogP contribution in [0.4, 0.5) is 0 Å². The number of likely N-dealkylation sites (tertiary alicyclic amines) is 1. The van der Waals surface area contributed by atoms with Crippen LogP contribution in [0, 0.1) is 13.8 Å². The largest absolute Gasteiger partial charge is 0.395 e. The number of likely N-dealkylation sites (N-methyl/N-ethyl adjacent to an activating group) is 1. The summed E-state index contributed by atoms with van der Waals surface area (Å²) in [6.07, 6.45) is 4.02. The summed E-state index contributed by atoms with van der Waals surface area (Å²) in [5.74, 6) is -0.712. The number of aromatic nitrogens is 3. The number of aliphatic hydroxyl groups is 4. The second kappa shape index (κ2) is 27.0. The molecule has 7 N–H and O–H groups in total.